The molecule has 0 aliphatic carbocycles. The van der Waals surface area contributed by atoms with Gasteiger partial charge in [-0.25, -0.2) is 0 Å². The summed E-state index contributed by atoms with van der Waals surface area (Å²) in [5, 5.41) is 7.51. The lowest BCUT2D eigenvalue weighted by Crippen LogP contribution is -2.10. The fourth-order valence-corrected chi connectivity index (χ4v) is 9.85. The van der Waals surface area contributed by atoms with Crippen LogP contribution in [0.15, 0.2) is 224 Å². The average Bonchev–Trinajstić information content (AvgIpc) is 3.68. The molecule has 0 spiro atoms. The first kappa shape index (κ1) is 34.0. The molecular formula is C56H37NS. The van der Waals surface area contributed by atoms with Gasteiger partial charge in [0.15, 0.2) is 0 Å². The summed E-state index contributed by atoms with van der Waals surface area (Å²) in [6.07, 6.45) is 0. The molecule has 0 saturated carbocycles. The zero-order valence-electron chi connectivity index (χ0n) is 31.7. The highest BCUT2D eigenvalue weighted by Crippen LogP contribution is 2.48. The third-order valence-electron chi connectivity index (χ3n) is 11.4. The molecule has 0 aliphatic rings. The summed E-state index contributed by atoms with van der Waals surface area (Å²) >= 11 is 1.86. The first-order chi connectivity index (χ1) is 28.8. The van der Waals surface area contributed by atoms with Gasteiger partial charge in [0.2, 0.25) is 0 Å². The van der Waals surface area contributed by atoms with Crippen molar-refractivity contribution >= 4 is 70.1 Å². The zero-order chi connectivity index (χ0) is 38.4. The van der Waals surface area contributed by atoms with Crippen LogP contribution in [0.3, 0.4) is 0 Å². The van der Waals surface area contributed by atoms with Crippen molar-refractivity contribution in [1.82, 2.24) is 0 Å². The quantitative estimate of drug-likeness (QED) is 0.146. The first-order valence-corrected chi connectivity index (χ1v) is 20.7. The molecule has 0 bridgehead atoms. The van der Waals surface area contributed by atoms with Crippen LogP contribution < -0.4 is 4.90 Å². The van der Waals surface area contributed by atoms with Crippen LogP contribution in [0.2, 0.25) is 0 Å². The number of anilines is 3. The molecule has 0 N–H and O–H groups in total. The van der Waals surface area contributed by atoms with Crippen LogP contribution in [0.25, 0.3) is 86.2 Å². The van der Waals surface area contributed by atoms with E-state index in [9.17, 15) is 0 Å². The van der Waals surface area contributed by atoms with Crippen molar-refractivity contribution in [1.29, 1.82) is 0 Å². The van der Waals surface area contributed by atoms with Crippen LogP contribution in [0.4, 0.5) is 17.1 Å². The third kappa shape index (κ3) is 5.94. The lowest BCUT2D eigenvalue weighted by atomic mass is 9.85. The minimum Gasteiger partial charge on any atom is -0.310 e. The van der Waals surface area contributed by atoms with Gasteiger partial charge in [-0.2, -0.15) is 0 Å². The molecule has 10 aromatic carbocycles. The van der Waals surface area contributed by atoms with E-state index in [4.69, 9.17) is 0 Å². The van der Waals surface area contributed by atoms with Crippen LogP contribution in [0.5, 0.6) is 0 Å². The van der Waals surface area contributed by atoms with Gasteiger partial charge < -0.3 is 4.90 Å². The van der Waals surface area contributed by atoms with Gasteiger partial charge in [-0.3, -0.25) is 0 Å². The van der Waals surface area contributed by atoms with E-state index in [0.717, 1.165) is 17.1 Å². The van der Waals surface area contributed by atoms with Crippen LogP contribution >= 0.6 is 11.3 Å². The van der Waals surface area contributed by atoms with Gasteiger partial charge in [0.1, 0.15) is 0 Å². The van der Waals surface area contributed by atoms with Crippen LogP contribution in [0.1, 0.15) is 0 Å². The normalized spacial score (nSPS) is 11.4. The maximum Gasteiger partial charge on any atom is 0.0473 e. The average molecular weight is 756 g/mol. The van der Waals surface area contributed by atoms with E-state index in [1.54, 1.807) is 0 Å². The second-order valence-corrected chi connectivity index (χ2v) is 16.0. The Bertz CT molecular complexity index is 3200. The number of hydrogen-bond acceptors (Lipinski definition) is 2. The Kier molecular flexibility index (Phi) is 8.42. The number of fused-ring (bicyclic) bond motifs is 6. The third-order valence-corrected chi connectivity index (χ3v) is 12.6. The van der Waals surface area contributed by atoms with Crippen molar-refractivity contribution in [3.8, 4) is 44.5 Å². The van der Waals surface area contributed by atoms with E-state index >= 15 is 0 Å². The first-order valence-electron chi connectivity index (χ1n) is 19.8. The SMILES string of the molecule is c1ccc(-c2cc(-c3ccccc3)cc(N(c3ccc4c(c3)c(-c3ccccc3)c(-c3ccccc3)c3ccccc34)c3ccc4sc5ccccc5c4c3)c2)cc1. The Hall–Kier alpha value is -7.26. The van der Waals surface area contributed by atoms with Crippen molar-refractivity contribution in [2.24, 2.45) is 0 Å². The second kappa shape index (κ2) is 14.4. The second-order valence-electron chi connectivity index (χ2n) is 14.9. The maximum atomic E-state index is 2.47. The highest BCUT2D eigenvalue weighted by Gasteiger charge is 2.22. The van der Waals surface area contributed by atoms with Crippen LogP contribution in [-0.4, -0.2) is 0 Å². The number of thiophene rings is 1. The van der Waals surface area contributed by atoms with Gasteiger partial charge in [0.25, 0.3) is 0 Å². The molecule has 0 aliphatic heterocycles. The van der Waals surface area contributed by atoms with Crippen molar-refractivity contribution in [2.45, 2.75) is 0 Å². The summed E-state index contributed by atoms with van der Waals surface area (Å²) in [4.78, 5) is 2.47. The summed E-state index contributed by atoms with van der Waals surface area (Å²) in [6, 6.07) is 82.1. The molecule has 58 heavy (non-hydrogen) atoms. The van der Waals surface area contributed by atoms with Crippen molar-refractivity contribution in [3.05, 3.63) is 224 Å². The molecule has 1 aromatic heterocycles. The van der Waals surface area contributed by atoms with E-state index < -0.39 is 0 Å². The van der Waals surface area contributed by atoms with Crippen molar-refractivity contribution in [2.75, 3.05) is 4.90 Å². The molecule has 0 radical (unpaired) electrons. The Labute approximate surface area is 342 Å². The lowest BCUT2D eigenvalue weighted by Gasteiger charge is -2.28. The number of benzene rings is 10. The molecule has 11 aromatic rings. The summed E-state index contributed by atoms with van der Waals surface area (Å²) in [7, 11) is 0. The Morgan fingerprint density at radius 2 is 0.672 bits per heavy atom. The highest BCUT2D eigenvalue weighted by molar-refractivity contribution is 7.25. The Morgan fingerprint density at radius 3 is 1.28 bits per heavy atom. The summed E-state index contributed by atoms with van der Waals surface area (Å²) in [6.45, 7) is 0. The van der Waals surface area contributed by atoms with Gasteiger partial charge in [-0.05, 0) is 121 Å². The summed E-state index contributed by atoms with van der Waals surface area (Å²) in [5.74, 6) is 0. The predicted molar refractivity (Wildman–Crippen MR) is 251 cm³/mol. The monoisotopic (exact) mass is 755 g/mol. The smallest absolute Gasteiger partial charge is 0.0473 e. The molecule has 1 heterocycles. The molecule has 2 heteroatoms. The molecule has 0 saturated heterocycles. The van der Waals surface area contributed by atoms with Gasteiger partial charge in [-0.1, -0.05) is 170 Å². The standard InChI is InChI=1S/C56H37NS/c1-5-17-38(18-6-1)42-33-43(39-19-7-2-8-20-39)35-46(34-42)57(45-30-32-54-51(36-45)49-26-15-16-28-53(49)58-54)44-29-31-48-47-25-13-14-27-50(47)55(40-21-9-3-10-22-40)56(52(48)37-44)41-23-11-4-12-24-41/h1-37H. The largest absolute Gasteiger partial charge is 0.310 e. The van der Waals surface area contributed by atoms with Gasteiger partial charge >= 0.3 is 0 Å². The van der Waals surface area contributed by atoms with Crippen molar-refractivity contribution < 1.29 is 0 Å². The lowest BCUT2D eigenvalue weighted by molar-refractivity contribution is 1.30. The van der Waals surface area contributed by atoms with Crippen LogP contribution in [-0.2, 0) is 0 Å². The van der Waals surface area contributed by atoms with E-state index in [0.29, 0.717) is 0 Å². The fraction of sp³-hybridized carbons (Fsp3) is 0. The van der Waals surface area contributed by atoms with Gasteiger partial charge in [0.05, 0.1) is 0 Å². The number of hydrogen-bond donors (Lipinski definition) is 0. The number of rotatable bonds is 7. The van der Waals surface area contributed by atoms with Gasteiger partial charge in [0, 0.05) is 37.2 Å². The minimum absolute atomic E-state index is 1.10. The molecular weight excluding hydrogens is 719 g/mol. The predicted octanol–water partition coefficient (Wildman–Crippen LogP) is 16.5. The molecule has 0 atom stereocenters. The zero-order valence-corrected chi connectivity index (χ0v) is 32.5. The van der Waals surface area contributed by atoms with E-state index in [-0.39, 0.29) is 0 Å². The summed E-state index contributed by atoms with van der Waals surface area (Å²) < 4.78 is 2.59. The van der Waals surface area contributed by atoms with Crippen molar-refractivity contribution in [3.63, 3.8) is 0 Å². The Morgan fingerprint density at radius 1 is 0.241 bits per heavy atom. The molecule has 1 nitrogen and oxygen atoms in total. The van der Waals surface area contributed by atoms with Gasteiger partial charge in [-0.15, -0.1) is 11.3 Å². The fourth-order valence-electron chi connectivity index (χ4n) is 8.76. The van der Waals surface area contributed by atoms with E-state index in [1.165, 1.54) is 86.2 Å². The molecule has 11 rings (SSSR count). The Balaban J connectivity index is 1.24. The molecule has 272 valence electrons. The molecule has 0 fully saturated rings. The topological polar surface area (TPSA) is 3.24 Å². The van der Waals surface area contributed by atoms with Crippen LogP contribution in [0, 0.1) is 0 Å². The van der Waals surface area contributed by atoms with E-state index in [1.807, 2.05) is 11.3 Å². The molecule has 0 amide bonds. The number of nitrogens with zero attached hydrogens (tertiary/aromatic N) is 1. The van der Waals surface area contributed by atoms with E-state index in [2.05, 4.69) is 229 Å². The summed E-state index contributed by atoms with van der Waals surface area (Å²) in [5.41, 5.74) is 12.9. The minimum atomic E-state index is 1.10. The molecule has 0 unspecified atom stereocenters. The maximum absolute atomic E-state index is 2.47. The highest BCUT2D eigenvalue weighted by atomic mass is 32.1.